The predicted molar refractivity (Wildman–Crippen MR) is 105 cm³/mol. The number of benzene rings is 2. The van der Waals surface area contributed by atoms with Crippen molar-refractivity contribution in [2.24, 2.45) is 0 Å². The molecule has 2 heterocycles. The molecule has 6 heteroatoms. The minimum atomic E-state index is -3.68. The summed E-state index contributed by atoms with van der Waals surface area (Å²) in [6.07, 6.45) is 1.72. The number of sulfonamides is 1. The molecule has 0 radical (unpaired) electrons. The summed E-state index contributed by atoms with van der Waals surface area (Å²) in [7, 11) is -3.68. The van der Waals surface area contributed by atoms with Crippen molar-refractivity contribution in [2.75, 3.05) is 10.8 Å². The molecule has 0 amide bonds. The van der Waals surface area contributed by atoms with E-state index in [4.69, 9.17) is 4.52 Å². The molecular weight excluding hydrogens is 360 g/mol. The third kappa shape index (κ3) is 3.14. The van der Waals surface area contributed by atoms with Gasteiger partial charge in [-0.25, -0.2) is 8.42 Å². The van der Waals surface area contributed by atoms with Gasteiger partial charge in [0.1, 0.15) is 0 Å². The minimum Gasteiger partial charge on any atom is -0.356 e. The van der Waals surface area contributed by atoms with Crippen LogP contribution in [0.5, 0.6) is 0 Å². The zero-order valence-corrected chi connectivity index (χ0v) is 16.5. The molecule has 140 valence electrons. The van der Waals surface area contributed by atoms with Gasteiger partial charge in [0.05, 0.1) is 16.3 Å². The van der Waals surface area contributed by atoms with E-state index < -0.39 is 10.0 Å². The molecule has 1 aromatic heterocycles. The second-order valence-corrected chi connectivity index (χ2v) is 8.96. The van der Waals surface area contributed by atoms with Crippen LogP contribution in [0.15, 0.2) is 51.9 Å². The lowest BCUT2D eigenvalue weighted by Gasteiger charge is -2.31. The van der Waals surface area contributed by atoms with Crippen molar-refractivity contribution in [2.45, 2.75) is 38.5 Å². The smallest absolute Gasteiger partial charge is 0.264 e. The van der Waals surface area contributed by atoms with Crippen LogP contribution in [0.3, 0.4) is 0 Å². The third-order valence-electron chi connectivity index (χ3n) is 4.99. The third-order valence-corrected chi connectivity index (χ3v) is 6.94. The molecular formula is C21H22N2O3S. The Balaban J connectivity index is 1.83. The van der Waals surface area contributed by atoms with E-state index in [-0.39, 0.29) is 0 Å². The van der Waals surface area contributed by atoms with Gasteiger partial charge in [-0.1, -0.05) is 29.4 Å². The first-order valence-electron chi connectivity index (χ1n) is 9.03. The van der Waals surface area contributed by atoms with Crippen molar-refractivity contribution in [1.29, 1.82) is 0 Å². The topological polar surface area (TPSA) is 63.4 Å². The van der Waals surface area contributed by atoms with Crippen LogP contribution in [0.2, 0.25) is 0 Å². The van der Waals surface area contributed by atoms with E-state index in [1.807, 2.05) is 51.1 Å². The Morgan fingerprint density at radius 2 is 1.85 bits per heavy atom. The van der Waals surface area contributed by atoms with Crippen molar-refractivity contribution in [1.82, 2.24) is 5.16 Å². The van der Waals surface area contributed by atoms with Gasteiger partial charge in [0.2, 0.25) is 0 Å². The number of hydrogen-bond acceptors (Lipinski definition) is 4. The van der Waals surface area contributed by atoms with Gasteiger partial charge in [-0.3, -0.25) is 4.31 Å². The molecule has 0 saturated heterocycles. The molecule has 1 aliphatic rings. The highest BCUT2D eigenvalue weighted by atomic mass is 32.2. The summed E-state index contributed by atoms with van der Waals surface area (Å²) in [5.41, 5.74) is 5.11. The van der Waals surface area contributed by atoms with Crippen LogP contribution < -0.4 is 4.31 Å². The fraction of sp³-hybridized carbons (Fsp3) is 0.286. The van der Waals surface area contributed by atoms with Crippen molar-refractivity contribution in [3.8, 4) is 11.3 Å². The fourth-order valence-electron chi connectivity index (χ4n) is 3.55. The van der Waals surface area contributed by atoms with Crippen molar-refractivity contribution >= 4 is 15.7 Å². The Kier molecular flexibility index (Phi) is 4.30. The standard InChI is InChI=1S/C21H22N2O3S/c1-14-6-8-17-5-4-10-23(19(17)11-14)27(24,25)21-13-18(9-7-15(21)2)20-12-16(3)22-26-20/h6-9,11-13H,4-5,10H2,1-3H3. The van der Waals surface area contributed by atoms with E-state index in [0.29, 0.717) is 22.8 Å². The van der Waals surface area contributed by atoms with E-state index in [1.54, 1.807) is 16.4 Å². The number of anilines is 1. The Morgan fingerprint density at radius 3 is 2.59 bits per heavy atom. The molecule has 0 aliphatic carbocycles. The molecule has 1 aliphatic heterocycles. The molecule has 0 spiro atoms. The average Bonchev–Trinajstić information content (AvgIpc) is 3.07. The van der Waals surface area contributed by atoms with Crippen LogP contribution in [0, 0.1) is 20.8 Å². The first-order chi connectivity index (χ1) is 12.9. The summed E-state index contributed by atoms with van der Waals surface area (Å²) in [5.74, 6) is 0.568. The van der Waals surface area contributed by atoms with Crippen LogP contribution in [0.1, 0.15) is 28.8 Å². The largest absolute Gasteiger partial charge is 0.356 e. The molecule has 0 atom stereocenters. The van der Waals surface area contributed by atoms with Crippen LogP contribution in [-0.2, 0) is 16.4 Å². The van der Waals surface area contributed by atoms with Crippen molar-refractivity contribution < 1.29 is 12.9 Å². The molecule has 4 rings (SSSR count). The second kappa shape index (κ2) is 6.53. The number of aryl methyl sites for hydroxylation is 4. The Labute approximate surface area is 159 Å². The number of hydrogen-bond donors (Lipinski definition) is 0. The second-order valence-electron chi connectivity index (χ2n) is 7.13. The Hall–Kier alpha value is -2.60. The van der Waals surface area contributed by atoms with Gasteiger partial charge in [0.15, 0.2) is 5.76 Å². The van der Waals surface area contributed by atoms with Crippen molar-refractivity contribution in [3.05, 3.63) is 64.8 Å². The van der Waals surface area contributed by atoms with Gasteiger partial charge in [0.25, 0.3) is 10.0 Å². The highest BCUT2D eigenvalue weighted by Crippen LogP contribution is 2.35. The molecule has 27 heavy (non-hydrogen) atoms. The molecule has 0 fully saturated rings. The summed E-state index contributed by atoms with van der Waals surface area (Å²) in [5, 5.41) is 3.90. The van der Waals surface area contributed by atoms with Gasteiger partial charge >= 0.3 is 0 Å². The van der Waals surface area contributed by atoms with Gasteiger partial charge in [-0.15, -0.1) is 0 Å². The van der Waals surface area contributed by atoms with Crippen LogP contribution in [0.25, 0.3) is 11.3 Å². The van der Waals surface area contributed by atoms with Crippen molar-refractivity contribution in [3.63, 3.8) is 0 Å². The SMILES string of the molecule is Cc1ccc2c(c1)N(S(=O)(=O)c1cc(-c3cc(C)no3)ccc1C)CCC2. The van der Waals surface area contributed by atoms with E-state index in [9.17, 15) is 8.42 Å². The Bertz CT molecular complexity index is 1120. The quantitative estimate of drug-likeness (QED) is 0.673. The lowest BCUT2D eigenvalue weighted by atomic mass is 10.0. The lowest BCUT2D eigenvalue weighted by Crippen LogP contribution is -2.36. The highest BCUT2D eigenvalue weighted by Gasteiger charge is 2.30. The summed E-state index contributed by atoms with van der Waals surface area (Å²) in [4.78, 5) is 0.309. The zero-order chi connectivity index (χ0) is 19.2. The molecule has 5 nitrogen and oxygen atoms in total. The predicted octanol–water partition coefficient (Wildman–Crippen LogP) is 4.41. The fourth-order valence-corrected chi connectivity index (χ4v) is 5.34. The normalized spacial score (nSPS) is 14.3. The lowest BCUT2D eigenvalue weighted by molar-refractivity contribution is 0.427. The molecule has 0 N–H and O–H groups in total. The van der Waals surface area contributed by atoms with Crippen LogP contribution in [0.4, 0.5) is 5.69 Å². The number of rotatable bonds is 3. The minimum absolute atomic E-state index is 0.309. The van der Waals surface area contributed by atoms with E-state index in [0.717, 1.165) is 40.9 Å². The van der Waals surface area contributed by atoms with E-state index in [1.165, 1.54) is 0 Å². The molecule has 2 aromatic carbocycles. The maximum absolute atomic E-state index is 13.6. The number of nitrogens with zero attached hydrogens (tertiary/aromatic N) is 2. The summed E-state index contributed by atoms with van der Waals surface area (Å²) >= 11 is 0. The Morgan fingerprint density at radius 1 is 1.04 bits per heavy atom. The van der Waals surface area contributed by atoms with Gasteiger partial charge in [-0.2, -0.15) is 0 Å². The zero-order valence-electron chi connectivity index (χ0n) is 15.7. The molecule has 0 unspecified atom stereocenters. The first kappa shape index (κ1) is 17.8. The monoisotopic (exact) mass is 382 g/mol. The van der Waals surface area contributed by atoms with Gasteiger partial charge in [-0.05, 0) is 62.4 Å². The molecule has 3 aromatic rings. The summed E-state index contributed by atoms with van der Waals surface area (Å²) < 4.78 is 34.0. The molecule has 0 saturated carbocycles. The van der Waals surface area contributed by atoms with Gasteiger partial charge in [0, 0.05) is 18.2 Å². The molecule has 0 bridgehead atoms. The number of fused-ring (bicyclic) bond motifs is 1. The maximum Gasteiger partial charge on any atom is 0.264 e. The van der Waals surface area contributed by atoms with E-state index in [2.05, 4.69) is 5.16 Å². The van der Waals surface area contributed by atoms with Crippen LogP contribution in [-0.4, -0.2) is 20.1 Å². The summed E-state index contributed by atoms with van der Waals surface area (Å²) in [6, 6.07) is 13.2. The first-order valence-corrected chi connectivity index (χ1v) is 10.5. The van der Waals surface area contributed by atoms with Gasteiger partial charge < -0.3 is 4.52 Å². The number of aromatic nitrogens is 1. The maximum atomic E-state index is 13.6. The highest BCUT2D eigenvalue weighted by molar-refractivity contribution is 7.92. The average molecular weight is 382 g/mol. The van der Waals surface area contributed by atoms with Crippen LogP contribution >= 0.6 is 0 Å². The summed E-state index contributed by atoms with van der Waals surface area (Å²) in [6.45, 7) is 6.14. The van der Waals surface area contributed by atoms with E-state index >= 15 is 0 Å².